The van der Waals surface area contributed by atoms with Gasteiger partial charge in [-0.3, -0.25) is 14.4 Å². The van der Waals surface area contributed by atoms with Crippen LogP contribution in [0.1, 0.15) is 28.8 Å². The van der Waals surface area contributed by atoms with Gasteiger partial charge in [0.15, 0.2) is 0 Å². The Bertz CT molecular complexity index is 677. The van der Waals surface area contributed by atoms with E-state index in [0.717, 1.165) is 10.5 Å². The number of amides is 2. The van der Waals surface area contributed by atoms with Crippen molar-refractivity contribution in [3.05, 3.63) is 29.3 Å². The summed E-state index contributed by atoms with van der Waals surface area (Å²) in [7, 11) is 1.60. The second-order valence-corrected chi connectivity index (χ2v) is 7.24. The molecule has 1 saturated heterocycles. The molecule has 1 aromatic carbocycles. The number of hydrogen-bond acceptors (Lipinski definition) is 4. The van der Waals surface area contributed by atoms with Crippen LogP contribution in [0.15, 0.2) is 23.1 Å². The monoisotopic (exact) mass is 364 g/mol. The number of nitrogens with zero attached hydrogens (tertiary/aromatic N) is 2. The number of carboxylic acid groups (broad SMARTS) is 1. The molecule has 1 aromatic rings. The van der Waals surface area contributed by atoms with Crippen LogP contribution in [-0.4, -0.2) is 65.6 Å². The first-order valence-corrected chi connectivity index (χ1v) is 9.46. The molecule has 0 saturated carbocycles. The molecule has 6 nitrogen and oxygen atoms in total. The van der Waals surface area contributed by atoms with Crippen molar-refractivity contribution in [2.45, 2.75) is 24.7 Å². The molecule has 0 aromatic heterocycles. The Morgan fingerprint density at radius 2 is 2.08 bits per heavy atom. The van der Waals surface area contributed by atoms with E-state index in [1.54, 1.807) is 23.7 Å². The Kier molecular flexibility index (Phi) is 6.47. The van der Waals surface area contributed by atoms with E-state index >= 15 is 0 Å². The summed E-state index contributed by atoms with van der Waals surface area (Å²) < 4.78 is 0. The van der Waals surface area contributed by atoms with Crippen molar-refractivity contribution >= 4 is 29.5 Å². The predicted molar refractivity (Wildman–Crippen MR) is 96.9 cm³/mol. The lowest BCUT2D eigenvalue weighted by Gasteiger charge is -2.32. The first kappa shape index (κ1) is 19.3. The fraction of sp³-hybridized carbons (Fsp3) is 0.500. The summed E-state index contributed by atoms with van der Waals surface area (Å²) in [5.74, 6) is -1.79. The molecular weight excluding hydrogens is 340 g/mol. The molecule has 2 rings (SSSR count). The Balaban J connectivity index is 2.03. The van der Waals surface area contributed by atoms with Gasteiger partial charge in [-0.15, -0.1) is 11.8 Å². The van der Waals surface area contributed by atoms with Gasteiger partial charge in [-0.2, -0.15) is 0 Å². The minimum absolute atomic E-state index is 0.0475. The largest absolute Gasteiger partial charge is 0.481 e. The fourth-order valence-corrected chi connectivity index (χ4v) is 3.38. The van der Waals surface area contributed by atoms with Crippen LogP contribution in [0.3, 0.4) is 0 Å². The molecule has 25 heavy (non-hydrogen) atoms. The van der Waals surface area contributed by atoms with Crippen LogP contribution in [-0.2, 0) is 9.59 Å². The molecule has 1 aliphatic rings. The first-order valence-electron chi connectivity index (χ1n) is 8.24. The first-order chi connectivity index (χ1) is 11.8. The number of piperidine rings is 1. The number of likely N-dealkylation sites (tertiary alicyclic amines) is 1. The van der Waals surface area contributed by atoms with Crippen molar-refractivity contribution in [1.29, 1.82) is 0 Å². The van der Waals surface area contributed by atoms with Gasteiger partial charge in [-0.05, 0) is 43.7 Å². The highest BCUT2D eigenvalue weighted by Crippen LogP contribution is 2.21. The summed E-state index contributed by atoms with van der Waals surface area (Å²) in [4.78, 5) is 40.2. The molecule has 1 unspecified atom stereocenters. The smallest absolute Gasteiger partial charge is 0.308 e. The topological polar surface area (TPSA) is 77.9 Å². The zero-order valence-corrected chi connectivity index (χ0v) is 15.6. The number of likely N-dealkylation sites (N-methyl/N-ethyl adjacent to an activating group) is 1. The van der Waals surface area contributed by atoms with Gasteiger partial charge in [-0.1, -0.05) is 6.07 Å². The SMILES string of the molecule is CSc1ccc(C)c(C(=O)N(C)CC(=O)N2CCCC(C(=O)O)C2)c1. The summed E-state index contributed by atoms with van der Waals surface area (Å²) in [6.45, 7) is 2.59. The lowest BCUT2D eigenvalue weighted by molar-refractivity contribution is -0.145. The van der Waals surface area contributed by atoms with Crippen molar-refractivity contribution < 1.29 is 19.5 Å². The number of carbonyl (C=O) groups excluding carboxylic acids is 2. The van der Waals surface area contributed by atoms with Gasteiger partial charge in [0.25, 0.3) is 5.91 Å². The maximum Gasteiger partial charge on any atom is 0.308 e. The van der Waals surface area contributed by atoms with Gasteiger partial charge < -0.3 is 14.9 Å². The molecular formula is C18H24N2O4S. The number of carbonyl (C=O) groups is 3. The van der Waals surface area contributed by atoms with Gasteiger partial charge in [0.2, 0.25) is 5.91 Å². The van der Waals surface area contributed by atoms with E-state index in [2.05, 4.69) is 0 Å². The van der Waals surface area contributed by atoms with Crippen molar-refractivity contribution in [2.24, 2.45) is 5.92 Å². The van der Waals surface area contributed by atoms with E-state index in [4.69, 9.17) is 5.11 Å². The molecule has 1 heterocycles. The second-order valence-electron chi connectivity index (χ2n) is 6.36. The molecule has 0 radical (unpaired) electrons. The molecule has 0 aliphatic carbocycles. The van der Waals surface area contributed by atoms with Crippen molar-refractivity contribution in [3.63, 3.8) is 0 Å². The minimum Gasteiger partial charge on any atom is -0.481 e. The van der Waals surface area contributed by atoms with Crippen LogP contribution in [0, 0.1) is 12.8 Å². The quantitative estimate of drug-likeness (QED) is 0.810. The van der Waals surface area contributed by atoms with Crippen LogP contribution >= 0.6 is 11.8 Å². The van der Waals surface area contributed by atoms with E-state index < -0.39 is 11.9 Å². The number of aryl methyl sites for hydroxylation is 1. The Hall–Kier alpha value is -2.02. The Labute approximate surface area is 152 Å². The highest BCUT2D eigenvalue weighted by atomic mass is 32.2. The zero-order chi connectivity index (χ0) is 18.6. The van der Waals surface area contributed by atoms with Crippen LogP contribution in [0.25, 0.3) is 0 Å². The van der Waals surface area contributed by atoms with E-state index in [9.17, 15) is 14.4 Å². The van der Waals surface area contributed by atoms with E-state index in [1.165, 1.54) is 4.90 Å². The van der Waals surface area contributed by atoms with Crippen molar-refractivity contribution in [3.8, 4) is 0 Å². The molecule has 0 spiro atoms. The maximum atomic E-state index is 12.7. The predicted octanol–water partition coefficient (Wildman–Crippen LogP) is 2.11. The second kappa shape index (κ2) is 8.38. The van der Waals surface area contributed by atoms with Gasteiger partial charge in [0, 0.05) is 30.6 Å². The maximum absolute atomic E-state index is 12.7. The van der Waals surface area contributed by atoms with E-state index in [-0.39, 0.29) is 24.9 Å². The molecule has 1 atom stereocenters. The lowest BCUT2D eigenvalue weighted by atomic mass is 9.98. The summed E-state index contributed by atoms with van der Waals surface area (Å²) in [6, 6.07) is 5.70. The van der Waals surface area contributed by atoms with Gasteiger partial charge in [-0.25, -0.2) is 0 Å². The molecule has 1 fully saturated rings. The summed E-state index contributed by atoms with van der Waals surface area (Å²) in [5, 5.41) is 9.13. The van der Waals surface area contributed by atoms with Crippen LogP contribution in [0.5, 0.6) is 0 Å². The zero-order valence-electron chi connectivity index (χ0n) is 14.8. The Morgan fingerprint density at radius 1 is 1.36 bits per heavy atom. The summed E-state index contributed by atoms with van der Waals surface area (Å²) >= 11 is 1.56. The number of thioether (sulfide) groups is 1. The van der Waals surface area contributed by atoms with Crippen molar-refractivity contribution in [1.82, 2.24) is 9.80 Å². The molecule has 1 N–H and O–H groups in total. The molecule has 1 aliphatic heterocycles. The third-order valence-corrected chi connectivity index (χ3v) is 5.24. The number of carboxylic acids is 1. The summed E-state index contributed by atoms with van der Waals surface area (Å²) in [6.07, 6.45) is 3.21. The molecule has 7 heteroatoms. The highest BCUT2D eigenvalue weighted by molar-refractivity contribution is 7.98. The standard InChI is InChI=1S/C18H24N2O4S/c1-12-6-7-14(25-3)9-15(12)17(22)19(2)11-16(21)20-8-4-5-13(10-20)18(23)24/h6-7,9,13H,4-5,8,10-11H2,1-3H3,(H,23,24). The highest BCUT2D eigenvalue weighted by Gasteiger charge is 2.29. The van der Waals surface area contributed by atoms with Crippen LogP contribution in [0.4, 0.5) is 0 Å². The summed E-state index contributed by atoms with van der Waals surface area (Å²) in [5.41, 5.74) is 1.45. The fourth-order valence-electron chi connectivity index (χ4n) is 2.94. The number of rotatable bonds is 5. The lowest BCUT2D eigenvalue weighted by Crippen LogP contribution is -2.47. The Morgan fingerprint density at radius 3 is 2.72 bits per heavy atom. The van der Waals surface area contributed by atoms with Gasteiger partial charge in [0.05, 0.1) is 12.5 Å². The average molecular weight is 364 g/mol. The average Bonchev–Trinajstić information content (AvgIpc) is 2.61. The molecule has 2 amide bonds. The minimum atomic E-state index is -0.869. The normalized spacial score (nSPS) is 17.2. The van der Waals surface area contributed by atoms with Crippen LogP contribution in [0.2, 0.25) is 0 Å². The molecule has 0 bridgehead atoms. The third kappa shape index (κ3) is 4.75. The van der Waals surface area contributed by atoms with E-state index in [1.807, 2.05) is 31.4 Å². The third-order valence-electron chi connectivity index (χ3n) is 4.52. The number of benzene rings is 1. The van der Waals surface area contributed by atoms with Crippen molar-refractivity contribution in [2.75, 3.05) is 32.9 Å². The molecule has 136 valence electrons. The van der Waals surface area contributed by atoms with E-state index in [0.29, 0.717) is 24.9 Å². The van der Waals surface area contributed by atoms with Crippen LogP contribution < -0.4 is 0 Å². The van der Waals surface area contributed by atoms with Gasteiger partial charge >= 0.3 is 5.97 Å². The van der Waals surface area contributed by atoms with Gasteiger partial charge in [0.1, 0.15) is 0 Å². The number of aliphatic carboxylic acids is 1. The number of hydrogen-bond donors (Lipinski definition) is 1.